The number of nitriles is 1. The Morgan fingerprint density at radius 2 is 2.27 bits per heavy atom. The molecule has 136 valence electrons. The topological polar surface area (TPSA) is 48.3 Å². The zero-order valence-corrected chi connectivity index (χ0v) is 15.8. The molecular formula is C21H24ClN3O. The van der Waals surface area contributed by atoms with Crippen LogP contribution in [0.15, 0.2) is 41.5 Å². The molecule has 2 aliphatic carbocycles. The molecule has 0 bridgehead atoms. The highest BCUT2D eigenvalue weighted by Crippen LogP contribution is 2.40. The van der Waals surface area contributed by atoms with Gasteiger partial charge in [-0.1, -0.05) is 23.8 Å². The number of halogens is 1. The second-order valence-corrected chi connectivity index (χ2v) is 7.73. The third-order valence-corrected chi connectivity index (χ3v) is 6.14. The zero-order valence-electron chi connectivity index (χ0n) is 15.0. The maximum absolute atomic E-state index is 9.05. The standard InChI is InChI=1S/C21H24ClN3O/c1-24-16-8-9-25(13-16)19-11-15-4-2-3-5-17(15)21(19)26-20-7-6-14(12-23)10-18(20)22/h2,4,6-7,10,16,19,21,24H,3,5,8-9,11,13H2,1H3/t16?,19-,21-/m1/s1. The molecule has 26 heavy (non-hydrogen) atoms. The van der Waals surface area contributed by atoms with Gasteiger partial charge in [-0.15, -0.1) is 0 Å². The van der Waals surface area contributed by atoms with Gasteiger partial charge in [-0.2, -0.15) is 5.26 Å². The van der Waals surface area contributed by atoms with E-state index in [0.29, 0.717) is 28.4 Å². The van der Waals surface area contributed by atoms with Gasteiger partial charge >= 0.3 is 0 Å². The first-order valence-electron chi connectivity index (χ1n) is 9.35. The average Bonchev–Trinajstić information content (AvgIpc) is 3.28. The van der Waals surface area contributed by atoms with Gasteiger partial charge in [-0.3, -0.25) is 4.90 Å². The maximum atomic E-state index is 9.05. The molecule has 4 nitrogen and oxygen atoms in total. The highest BCUT2D eigenvalue weighted by Gasteiger charge is 2.41. The Kier molecular flexibility index (Phi) is 5.04. The predicted octanol–water partition coefficient (Wildman–Crippen LogP) is 3.67. The summed E-state index contributed by atoms with van der Waals surface area (Å²) < 4.78 is 6.47. The quantitative estimate of drug-likeness (QED) is 0.879. The zero-order chi connectivity index (χ0) is 18.1. The molecule has 1 aromatic carbocycles. The van der Waals surface area contributed by atoms with E-state index in [1.165, 1.54) is 17.6 Å². The second kappa shape index (κ2) is 7.44. The van der Waals surface area contributed by atoms with Crippen molar-refractivity contribution in [1.29, 1.82) is 5.26 Å². The van der Waals surface area contributed by atoms with Crippen LogP contribution in [0, 0.1) is 11.3 Å². The molecular weight excluding hydrogens is 346 g/mol. The maximum Gasteiger partial charge on any atom is 0.138 e. The molecule has 1 aromatic rings. The van der Waals surface area contributed by atoms with Gasteiger partial charge in [0.15, 0.2) is 0 Å². The smallest absolute Gasteiger partial charge is 0.138 e. The fourth-order valence-electron chi connectivity index (χ4n) is 4.42. The van der Waals surface area contributed by atoms with Crippen molar-refractivity contribution in [2.75, 3.05) is 20.1 Å². The van der Waals surface area contributed by atoms with E-state index in [9.17, 15) is 0 Å². The molecule has 3 aliphatic rings. The van der Waals surface area contributed by atoms with Crippen LogP contribution >= 0.6 is 11.6 Å². The average molecular weight is 370 g/mol. The molecule has 0 amide bonds. The van der Waals surface area contributed by atoms with Crippen LogP contribution in [0.1, 0.15) is 31.2 Å². The van der Waals surface area contributed by atoms with Gasteiger partial charge in [-0.25, -0.2) is 0 Å². The number of likely N-dealkylation sites (N-methyl/N-ethyl adjacent to an activating group) is 1. The SMILES string of the molecule is CNC1CCN([C@@H]2CC3=C(CCC=C3)[C@H]2Oc2ccc(C#N)cc2Cl)C1. The van der Waals surface area contributed by atoms with Gasteiger partial charge in [0.1, 0.15) is 11.9 Å². The lowest BCUT2D eigenvalue weighted by molar-refractivity contribution is 0.114. The number of likely N-dealkylation sites (tertiary alicyclic amines) is 1. The van der Waals surface area contributed by atoms with Crippen LogP contribution in [-0.4, -0.2) is 43.2 Å². The van der Waals surface area contributed by atoms with E-state index in [4.69, 9.17) is 21.6 Å². The number of allylic oxidation sites excluding steroid dienone is 2. The van der Waals surface area contributed by atoms with E-state index in [0.717, 1.165) is 32.4 Å². The Morgan fingerprint density at radius 3 is 3.00 bits per heavy atom. The number of rotatable bonds is 4. The Bertz CT molecular complexity index is 795. The highest BCUT2D eigenvalue weighted by atomic mass is 35.5. The molecule has 3 atom stereocenters. The van der Waals surface area contributed by atoms with Crippen molar-refractivity contribution in [3.05, 3.63) is 52.1 Å². The van der Waals surface area contributed by atoms with E-state index in [2.05, 4.69) is 28.4 Å². The van der Waals surface area contributed by atoms with Crippen LogP contribution in [0.3, 0.4) is 0 Å². The van der Waals surface area contributed by atoms with E-state index in [1.54, 1.807) is 12.1 Å². The van der Waals surface area contributed by atoms with E-state index < -0.39 is 0 Å². The van der Waals surface area contributed by atoms with Crippen molar-refractivity contribution in [1.82, 2.24) is 10.2 Å². The van der Waals surface area contributed by atoms with Crippen molar-refractivity contribution < 1.29 is 4.74 Å². The van der Waals surface area contributed by atoms with Crippen LogP contribution in [0.2, 0.25) is 5.02 Å². The Balaban J connectivity index is 1.60. The third kappa shape index (κ3) is 3.27. The summed E-state index contributed by atoms with van der Waals surface area (Å²) in [6.07, 6.45) is 8.94. The van der Waals surface area contributed by atoms with Crippen LogP contribution in [0.5, 0.6) is 5.75 Å². The van der Waals surface area contributed by atoms with Gasteiger partial charge < -0.3 is 10.1 Å². The molecule has 1 heterocycles. The molecule has 0 aromatic heterocycles. The van der Waals surface area contributed by atoms with Gasteiger partial charge in [0.25, 0.3) is 0 Å². The van der Waals surface area contributed by atoms with Crippen molar-refractivity contribution >= 4 is 11.6 Å². The Labute approximate surface area is 160 Å². The van der Waals surface area contributed by atoms with Gasteiger partial charge in [0.2, 0.25) is 0 Å². The summed E-state index contributed by atoms with van der Waals surface area (Å²) in [6.45, 7) is 2.16. The number of benzene rings is 1. The molecule has 0 saturated carbocycles. The fraction of sp³-hybridized carbons (Fsp3) is 0.476. The van der Waals surface area contributed by atoms with Crippen LogP contribution < -0.4 is 10.1 Å². The molecule has 4 rings (SSSR count). The first-order chi connectivity index (χ1) is 12.7. The molecule has 1 aliphatic heterocycles. The van der Waals surface area contributed by atoms with Gasteiger partial charge in [-0.05, 0) is 62.1 Å². The monoisotopic (exact) mass is 369 g/mol. The molecule has 0 spiro atoms. The van der Waals surface area contributed by atoms with Crippen molar-refractivity contribution in [2.24, 2.45) is 0 Å². The largest absolute Gasteiger partial charge is 0.483 e. The highest BCUT2D eigenvalue weighted by molar-refractivity contribution is 6.32. The normalized spacial score (nSPS) is 28.3. The van der Waals surface area contributed by atoms with Crippen molar-refractivity contribution in [3.8, 4) is 11.8 Å². The molecule has 0 radical (unpaired) electrons. The number of nitrogens with one attached hydrogen (secondary N) is 1. The lowest BCUT2D eigenvalue weighted by atomic mass is 9.99. The van der Waals surface area contributed by atoms with Crippen LogP contribution in [0.25, 0.3) is 0 Å². The lowest BCUT2D eigenvalue weighted by Gasteiger charge is -2.31. The van der Waals surface area contributed by atoms with Crippen molar-refractivity contribution in [2.45, 2.75) is 43.9 Å². The predicted molar refractivity (Wildman–Crippen MR) is 103 cm³/mol. The molecule has 1 fully saturated rings. The summed E-state index contributed by atoms with van der Waals surface area (Å²) >= 11 is 6.38. The summed E-state index contributed by atoms with van der Waals surface area (Å²) in [5.41, 5.74) is 3.41. The van der Waals surface area contributed by atoms with Crippen LogP contribution in [0.4, 0.5) is 0 Å². The summed E-state index contributed by atoms with van der Waals surface area (Å²) in [5.74, 6) is 0.674. The minimum absolute atomic E-state index is 0.0380. The van der Waals surface area contributed by atoms with E-state index >= 15 is 0 Å². The number of hydrogen-bond acceptors (Lipinski definition) is 4. The summed E-state index contributed by atoms with van der Waals surface area (Å²) in [6, 6.07) is 8.32. The molecule has 5 heteroatoms. The first-order valence-corrected chi connectivity index (χ1v) is 9.73. The van der Waals surface area contributed by atoms with E-state index in [1.807, 2.05) is 13.1 Å². The second-order valence-electron chi connectivity index (χ2n) is 7.33. The van der Waals surface area contributed by atoms with Gasteiger partial charge in [0, 0.05) is 19.1 Å². The number of ether oxygens (including phenoxy) is 1. The minimum atomic E-state index is 0.0380. The number of nitrogens with zero attached hydrogens (tertiary/aromatic N) is 2. The Morgan fingerprint density at radius 1 is 1.38 bits per heavy atom. The summed E-state index contributed by atoms with van der Waals surface area (Å²) in [7, 11) is 2.04. The molecule has 1 unspecified atom stereocenters. The Hall–Kier alpha value is -1.80. The van der Waals surface area contributed by atoms with Crippen molar-refractivity contribution in [3.63, 3.8) is 0 Å². The lowest BCUT2D eigenvalue weighted by Crippen LogP contribution is -2.44. The first kappa shape index (κ1) is 17.6. The molecule has 1 saturated heterocycles. The fourth-order valence-corrected chi connectivity index (χ4v) is 4.64. The summed E-state index contributed by atoms with van der Waals surface area (Å²) in [5, 5.41) is 13.0. The molecule has 1 N–H and O–H groups in total. The van der Waals surface area contributed by atoms with E-state index in [-0.39, 0.29) is 6.10 Å². The number of hydrogen-bond donors (Lipinski definition) is 1. The third-order valence-electron chi connectivity index (χ3n) is 5.85. The van der Waals surface area contributed by atoms with Crippen LogP contribution in [-0.2, 0) is 0 Å². The van der Waals surface area contributed by atoms with Gasteiger partial charge in [0.05, 0.1) is 22.7 Å². The summed E-state index contributed by atoms with van der Waals surface area (Å²) in [4.78, 5) is 2.57. The minimum Gasteiger partial charge on any atom is -0.483 e.